The van der Waals surface area contributed by atoms with Crippen LogP contribution < -0.4 is 19.1 Å². The lowest BCUT2D eigenvalue weighted by Crippen LogP contribution is -2.49. The number of piperazine rings is 1. The lowest BCUT2D eigenvalue weighted by Gasteiger charge is -2.40. The molecule has 0 bridgehead atoms. The molecule has 0 saturated carbocycles. The number of aromatic nitrogens is 4. The molecule has 4 rings (SSSR count). The summed E-state index contributed by atoms with van der Waals surface area (Å²) in [6.07, 6.45) is 0.906. The molecular weight excluding hydrogens is 480 g/mol. The molecular formula is C26H37ClN6O3. The summed E-state index contributed by atoms with van der Waals surface area (Å²) in [5.74, 6) is 3.19. The van der Waals surface area contributed by atoms with Crippen LogP contribution in [0, 0.1) is 0 Å². The van der Waals surface area contributed by atoms with Gasteiger partial charge in [0.2, 0.25) is 0 Å². The fraction of sp³-hybridized carbons (Fsp3) is 0.500. The van der Waals surface area contributed by atoms with Gasteiger partial charge < -0.3 is 19.1 Å². The second-order valence-corrected chi connectivity index (χ2v) is 9.35. The third-order valence-corrected chi connectivity index (χ3v) is 7.03. The average molecular weight is 517 g/mol. The summed E-state index contributed by atoms with van der Waals surface area (Å²) in [4.78, 5) is 4.84. The second-order valence-electron chi connectivity index (χ2n) is 9.35. The van der Waals surface area contributed by atoms with Gasteiger partial charge in [0.25, 0.3) is 0 Å². The van der Waals surface area contributed by atoms with Gasteiger partial charge in [-0.3, -0.25) is 4.90 Å². The fourth-order valence-corrected chi connectivity index (χ4v) is 4.52. The number of benzene rings is 2. The lowest BCUT2D eigenvalue weighted by molar-refractivity contribution is 0.184. The number of hydrogen-bond acceptors (Lipinski definition) is 8. The minimum Gasteiger partial charge on any atom is -0.497 e. The van der Waals surface area contributed by atoms with Crippen molar-refractivity contribution in [2.75, 3.05) is 52.4 Å². The first-order valence-electron chi connectivity index (χ1n) is 12.1. The summed E-state index contributed by atoms with van der Waals surface area (Å²) < 4.78 is 18.5. The van der Waals surface area contributed by atoms with Crippen LogP contribution in [0.1, 0.15) is 44.6 Å². The van der Waals surface area contributed by atoms with E-state index in [1.165, 1.54) is 5.69 Å². The Labute approximate surface area is 219 Å². The van der Waals surface area contributed by atoms with Crippen LogP contribution in [0.5, 0.6) is 17.2 Å². The van der Waals surface area contributed by atoms with Gasteiger partial charge in [-0.05, 0) is 67.1 Å². The predicted molar refractivity (Wildman–Crippen MR) is 143 cm³/mol. The van der Waals surface area contributed by atoms with Crippen LogP contribution in [0.2, 0.25) is 0 Å². The molecule has 1 aliphatic heterocycles. The highest BCUT2D eigenvalue weighted by molar-refractivity contribution is 5.85. The average Bonchev–Trinajstić information content (AvgIpc) is 3.40. The standard InChI is InChI=1S/C26H36N6O3.ClH/c1-7-26(2,3)32-25(27-28-29-32)24(22-13-12-21(34-5)18-23(22)35-6)31-16-14-30(15-17-31)19-8-10-20(33-4)11-9-19;/h8-13,18,24H,7,14-17H2,1-6H3;1H. The Balaban J connectivity index is 0.00000361. The number of nitrogens with zero attached hydrogens (tertiary/aromatic N) is 6. The summed E-state index contributed by atoms with van der Waals surface area (Å²) in [5, 5.41) is 13.0. The minimum absolute atomic E-state index is 0. The van der Waals surface area contributed by atoms with Crippen molar-refractivity contribution in [3.05, 3.63) is 53.9 Å². The summed E-state index contributed by atoms with van der Waals surface area (Å²) in [6, 6.07) is 14.0. The van der Waals surface area contributed by atoms with E-state index in [0.29, 0.717) is 0 Å². The summed E-state index contributed by atoms with van der Waals surface area (Å²) in [6.45, 7) is 9.96. The largest absolute Gasteiger partial charge is 0.497 e. The van der Waals surface area contributed by atoms with E-state index in [-0.39, 0.29) is 24.0 Å². The Hall–Kier alpha value is -3.04. The third-order valence-electron chi connectivity index (χ3n) is 7.03. The molecule has 1 saturated heterocycles. The lowest BCUT2D eigenvalue weighted by atomic mass is 9.98. The fourth-order valence-electron chi connectivity index (χ4n) is 4.52. The quantitative estimate of drug-likeness (QED) is 0.419. The van der Waals surface area contributed by atoms with Gasteiger partial charge in [-0.15, -0.1) is 17.5 Å². The van der Waals surface area contributed by atoms with Crippen molar-refractivity contribution >= 4 is 18.1 Å². The van der Waals surface area contributed by atoms with Gasteiger partial charge in [-0.1, -0.05) is 6.92 Å². The van der Waals surface area contributed by atoms with Crippen LogP contribution in [0.3, 0.4) is 0 Å². The molecule has 0 N–H and O–H groups in total. The molecule has 10 heteroatoms. The highest BCUT2D eigenvalue weighted by atomic mass is 35.5. The van der Waals surface area contributed by atoms with Crippen LogP contribution in [-0.4, -0.2) is 72.6 Å². The molecule has 0 aliphatic carbocycles. The van der Waals surface area contributed by atoms with Crippen molar-refractivity contribution in [2.45, 2.75) is 38.8 Å². The van der Waals surface area contributed by atoms with Crippen molar-refractivity contribution < 1.29 is 14.2 Å². The molecule has 2 aromatic carbocycles. The molecule has 0 radical (unpaired) electrons. The summed E-state index contributed by atoms with van der Waals surface area (Å²) in [5.41, 5.74) is 2.00. The predicted octanol–water partition coefficient (Wildman–Crippen LogP) is 4.18. The van der Waals surface area contributed by atoms with Crippen LogP contribution in [0.4, 0.5) is 5.69 Å². The van der Waals surface area contributed by atoms with Crippen LogP contribution in [0.25, 0.3) is 0 Å². The Morgan fingerprint density at radius 3 is 2.11 bits per heavy atom. The molecule has 1 atom stereocenters. The van der Waals surface area contributed by atoms with E-state index >= 15 is 0 Å². The molecule has 0 spiro atoms. The number of tetrazole rings is 1. The number of rotatable bonds is 9. The molecule has 196 valence electrons. The number of methoxy groups -OCH3 is 3. The minimum atomic E-state index is -0.221. The molecule has 1 aromatic heterocycles. The number of anilines is 1. The number of halogens is 1. The SMILES string of the molecule is CCC(C)(C)n1nnnc1C(c1ccc(OC)cc1OC)N1CCN(c2ccc(OC)cc2)CC1.Cl. The number of ether oxygens (including phenoxy) is 3. The van der Waals surface area contributed by atoms with E-state index in [4.69, 9.17) is 14.2 Å². The highest BCUT2D eigenvalue weighted by Gasteiger charge is 2.35. The topological polar surface area (TPSA) is 77.8 Å². The van der Waals surface area contributed by atoms with Gasteiger partial charge in [-0.2, -0.15) is 0 Å². The van der Waals surface area contributed by atoms with Crippen molar-refractivity contribution in [2.24, 2.45) is 0 Å². The molecule has 0 amide bonds. The van der Waals surface area contributed by atoms with Crippen molar-refractivity contribution in [3.63, 3.8) is 0 Å². The van der Waals surface area contributed by atoms with Crippen molar-refractivity contribution in [3.8, 4) is 17.2 Å². The smallest absolute Gasteiger partial charge is 0.173 e. The van der Waals surface area contributed by atoms with Gasteiger partial charge in [-0.25, -0.2) is 4.68 Å². The van der Waals surface area contributed by atoms with E-state index < -0.39 is 0 Å². The Kier molecular flexibility index (Phi) is 9.03. The van der Waals surface area contributed by atoms with Gasteiger partial charge in [0.15, 0.2) is 5.82 Å². The van der Waals surface area contributed by atoms with Gasteiger partial charge in [0.05, 0.1) is 26.9 Å². The van der Waals surface area contributed by atoms with Crippen LogP contribution in [0.15, 0.2) is 42.5 Å². The molecule has 1 fully saturated rings. The molecule has 36 heavy (non-hydrogen) atoms. The first-order valence-corrected chi connectivity index (χ1v) is 12.1. The monoisotopic (exact) mass is 516 g/mol. The first kappa shape index (κ1) is 27.5. The van der Waals surface area contributed by atoms with E-state index in [1.807, 2.05) is 28.9 Å². The zero-order chi connectivity index (χ0) is 25.0. The second kappa shape index (κ2) is 11.8. The van der Waals surface area contributed by atoms with E-state index in [1.54, 1.807) is 21.3 Å². The van der Waals surface area contributed by atoms with Crippen molar-refractivity contribution in [1.82, 2.24) is 25.1 Å². The highest BCUT2D eigenvalue weighted by Crippen LogP contribution is 2.38. The van der Waals surface area contributed by atoms with E-state index in [2.05, 4.69) is 64.3 Å². The third kappa shape index (κ3) is 5.52. The summed E-state index contributed by atoms with van der Waals surface area (Å²) in [7, 11) is 5.04. The maximum absolute atomic E-state index is 5.81. The van der Waals surface area contributed by atoms with Gasteiger partial charge >= 0.3 is 0 Å². The first-order chi connectivity index (χ1) is 16.9. The Bertz CT molecular complexity index is 1110. The maximum atomic E-state index is 5.81. The molecule has 9 nitrogen and oxygen atoms in total. The van der Waals surface area contributed by atoms with E-state index in [9.17, 15) is 0 Å². The van der Waals surface area contributed by atoms with Crippen LogP contribution >= 0.6 is 12.4 Å². The van der Waals surface area contributed by atoms with Gasteiger partial charge in [0, 0.05) is 43.5 Å². The van der Waals surface area contributed by atoms with E-state index in [0.717, 1.165) is 61.2 Å². The Morgan fingerprint density at radius 2 is 1.53 bits per heavy atom. The maximum Gasteiger partial charge on any atom is 0.173 e. The molecule has 1 aliphatic rings. The molecule has 2 heterocycles. The normalized spacial score (nSPS) is 15.2. The van der Waals surface area contributed by atoms with Crippen LogP contribution in [-0.2, 0) is 5.54 Å². The van der Waals surface area contributed by atoms with Crippen molar-refractivity contribution in [1.29, 1.82) is 0 Å². The Morgan fingerprint density at radius 1 is 0.889 bits per heavy atom. The zero-order valence-electron chi connectivity index (χ0n) is 22.0. The zero-order valence-corrected chi connectivity index (χ0v) is 22.8. The molecule has 3 aromatic rings. The van der Waals surface area contributed by atoms with Gasteiger partial charge in [0.1, 0.15) is 23.3 Å². The number of hydrogen-bond donors (Lipinski definition) is 0. The summed E-state index contributed by atoms with van der Waals surface area (Å²) >= 11 is 0. The molecule has 1 unspecified atom stereocenters.